The molecule has 4 N–H and O–H groups in total. The summed E-state index contributed by atoms with van der Waals surface area (Å²) >= 11 is 1.31. The quantitative estimate of drug-likeness (QED) is 0.785. The van der Waals surface area contributed by atoms with Crippen LogP contribution in [0.2, 0.25) is 0 Å². The number of likely N-dealkylation sites (N-methyl/N-ethyl adjacent to an activating group) is 1. The van der Waals surface area contributed by atoms with Crippen LogP contribution in [0.3, 0.4) is 0 Å². The van der Waals surface area contributed by atoms with Crippen LogP contribution < -0.4 is 16.4 Å². The molecule has 6 nitrogen and oxygen atoms in total. The summed E-state index contributed by atoms with van der Waals surface area (Å²) < 4.78 is 0. The predicted octanol–water partition coefficient (Wildman–Crippen LogP) is 1.37. The molecule has 1 amide bonds. The van der Waals surface area contributed by atoms with Crippen LogP contribution in [0, 0.1) is 0 Å². The molecule has 1 aliphatic heterocycles. The van der Waals surface area contributed by atoms with Gasteiger partial charge in [-0.25, -0.2) is 4.98 Å². The number of thiazole rings is 1. The van der Waals surface area contributed by atoms with Crippen molar-refractivity contribution in [2.75, 3.05) is 31.2 Å². The molecule has 7 heteroatoms. The van der Waals surface area contributed by atoms with E-state index >= 15 is 0 Å². The first kappa shape index (κ1) is 15.1. The Labute approximate surface area is 123 Å². The lowest BCUT2D eigenvalue weighted by Gasteiger charge is -2.19. The van der Waals surface area contributed by atoms with Crippen LogP contribution in [0.4, 0.5) is 10.9 Å². The Bertz CT molecular complexity index is 493. The highest BCUT2D eigenvalue weighted by atomic mass is 32.1. The first-order valence-electron chi connectivity index (χ1n) is 6.78. The van der Waals surface area contributed by atoms with Crippen molar-refractivity contribution in [2.24, 2.45) is 0 Å². The summed E-state index contributed by atoms with van der Waals surface area (Å²) in [6, 6.07) is 0.202. The molecule has 0 radical (unpaired) electrons. The second-order valence-electron chi connectivity index (χ2n) is 6.33. The normalized spacial score (nSPS) is 20.1. The van der Waals surface area contributed by atoms with E-state index in [9.17, 15) is 4.79 Å². The molecule has 1 atom stereocenters. The van der Waals surface area contributed by atoms with Crippen LogP contribution in [-0.2, 0) is 0 Å². The zero-order chi connectivity index (χ0) is 14.9. The predicted molar refractivity (Wildman–Crippen MR) is 83.3 cm³/mol. The van der Waals surface area contributed by atoms with E-state index in [4.69, 9.17) is 5.73 Å². The molecule has 0 aliphatic carbocycles. The van der Waals surface area contributed by atoms with E-state index in [0.717, 1.165) is 19.5 Å². The number of anilines is 2. The molecule has 0 saturated carbocycles. The molecule has 0 bridgehead atoms. The summed E-state index contributed by atoms with van der Waals surface area (Å²) in [5.74, 6) is 0.174. The summed E-state index contributed by atoms with van der Waals surface area (Å²) in [7, 11) is 2.05. The van der Waals surface area contributed by atoms with Gasteiger partial charge in [0.05, 0.1) is 0 Å². The first-order chi connectivity index (χ1) is 9.24. The van der Waals surface area contributed by atoms with Gasteiger partial charge in [-0.15, -0.1) is 0 Å². The van der Waals surface area contributed by atoms with Gasteiger partial charge in [0.1, 0.15) is 10.7 Å². The van der Waals surface area contributed by atoms with Crippen LogP contribution in [-0.4, -0.2) is 47.5 Å². The number of hydrogen-bond acceptors (Lipinski definition) is 6. The molecular weight excluding hydrogens is 274 g/mol. The van der Waals surface area contributed by atoms with E-state index in [-0.39, 0.29) is 17.5 Å². The van der Waals surface area contributed by atoms with Crippen LogP contribution in [0.25, 0.3) is 0 Å². The van der Waals surface area contributed by atoms with Crippen molar-refractivity contribution in [3.63, 3.8) is 0 Å². The summed E-state index contributed by atoms with van der Waals surface area (Å²) in [5, 5.41) is 6.95. The van der Waals surface area contributed by atoms with Crippen LogP contribution >= 0.6 is 11.3 Å². The number of hydrogen-bond donors (Lipinski definition) is 3. The van der Waals surface area contributed by atoms with Crippen molar-refractivity contribution in [3.05, 3.63) is 4.88 Å². The monoisotopic (exact) mass is 297 g/mol. The minimum absolute atomic E-state index is 0.105. The van der Waals surface area contributed by atoms with E-state index < -0.39 is 0 Å². The topological polar surface area (TPSA) is 83.3 Å². The second-order valence-corrected chi connectivity index (χ2v) is 7.33. The summed E-state index contributed by atoms with van der Waals surface area (Å²) in [6.45, 7) is 8.02. The molecule has 1 saturated heterocycles. The smallest absolute Gasteiger partial charge is 0.265 e. The molecule has 2 heterocycles. The molecule has 0 spiro atoms. The average Bonchev–Trinajstić information content (AvgIpc) is 2.83. The standard InChI is InChI=1S/C13H23N5OS/c1-13(2,3)17-12-16-10(14)9(20-12)11(19)15-8-5-6-18(4)7-8/h8H,5-7,14H2,1-4H3,(H,15,19)(H,16,17). The Morgan fingerprint density at radius 3 is 2.75 bits per heavy atom. The Morgan fingerprint density at radius 2 is 2.20 bits per heavy atom. The molecular formula is C13H23N5OS. The van der Waals surface area contributed by atoms with Gasteiger partial charge in [0, 0.05) is 18.1 Å². The van der Waals surface area contributed by atoms with Gasteiger partial charge in [-0.2, -0.15) is 0 Å². The number of nitrogens with two attached hydrogens (primary N) is 1. The number of nitrogens with zero attached hydrogens (tertiary/aromatic N) is 2. The van der Waals surface area contributed by atoms with Gasteiger partial charge in [0.2, 0.25) is 0 Å². The highest BCUT2D eigenvalue weighted by molar-refractivity contribution is 7.18. The first-order valence-corrected chi connectivity index (χ1v) is 7.60. The molecule has 0 aromatic carbocycles. The lowest BCUT2D eigenvalue weighted by molar-refractivity contribution is 0.0943. The fraction of sp³-hybridized carbons (Fsp3) is 0.692. The van der Waals surface area contributed by atoms with Crippen LogP contribution in [0.5, 0.6) is 0 Å². The number of nitrogen functional groups attached to an aromatic ring is 1. The van der Waals surface area contributed by atoms with Gasteiger partial charge < -0.3 is 21.3 Å². The lowest BCUT2D eigenvalue weighted by atomic mass is 10.1. The SMILES string of the molecule is CN1CCC(NC(=O)c2sc(NC(C)(C)C)nc2N)C1. The minimum Gasteiger partial charge on any atom is -0.382 e. The Kier molecular flexibility index (Phi) is 4.19. The van der Waals surface area contributed by atoms with Crippen molar-refractivity contribution < 1.29 is 4.79 Å². The molecule has 1 aromatic heterocycles. The van der Waals surface area contributed by atoms with Crippen molar-refractivity contribution in [1.82, 2.24) is 15.2 Å². The number of rotatable bonds is 3. The molecule has 1 aromatic rings. The maximum Gasteiger partial charge on any atom is 0.265 e. The van der Waals surface area contributed by atoms with Gasteiger partial charge in [0.25, 0.3) is 5.91 Å². The van der Waals surface area contributed by atoms with Gasteiger partial charge in [-0.1, -0.05) is 11.3 Å². The van der Waals surface area contributed by atoms with Crippen LogP contribution in [0.1, 0.15) is 36.9 Å². The van der Waals surface area contributed by atoms with Crippen LogP contribution in [0.15, 0.2) is 0 Å². The zero-order valence-electron chi connectivity index (χ0n) is 12.5. The fourth-order valence-corrected chi connectivity index (χ4v) is 3.17. The second kappa shape index (κ2) is 5.57. The molecule has 2 rings (SSSR count). The van der Waals surface area contributed by atoms with E-state index in [1.165, 1.54) is 11.3 Å². The zero-order valence-corrected chi connectivity index (χ0v) is 13.3. The van der Waals surface area contributed by atoms with Gasteiger partial charge in [0.15, 0.2) is 5.13 Å². The highest BCUT2D eigenvalue weighted by Crippen LogP contribution is 2.27. The maximum absolute atomic E-state index is 12.2. The highest BCUT2D eigenvalue weighted by Gasteiger charge is 2.24. The van der Waals surface area contributed by atoms with Crippen molar-refractivity contribution in [3.8, 4) is 0 Å². The van der Waals surface area contributed by atoms with E-state index in [2.05, 4.69) is 27.6 Å². The third-order valence-corrected chi connectivity index (χ3v) is 4.05. The number of nitrogens with one attached hydrogen (secondary N) is 2. The lowest BCUT2D eigenvalue weighted by Crippen LogP contribution is -2.36. The van der Waals surface area contributed by atoms with Gasteiger partial charge in [-0.3, -0.25) is 4.79 Å². The number of carbonyl (C=O) groups excluding carboxylic acids is 1. The number of amides is 1. The number of carbonyl (C=O) groups is 1. The van der Waals surface area contributed by atoms with Crippen molar-refractivity contribution in [2.45, 2.75) is 38.8 Å². The largest absolute Gasteiger partial charge is 0.382 e. The number of aromatic nitrogens is 1. The van der Waals surface area contributed by atoms with Gasteiger partial charge >= 0.3 is 0 Å². The third kappa shape index (κ3) is 3.83. The summed E-state index contributed by atoms with van der Waals surface area (Å²) in [4.78, 5) is 19.2. The average molecular weight is 297 g/mol. The molecule has 1 fully saturated rings. The molecule has 1 aliphatic rings. The van der Waals surface area contributed by atoms with E-state index in [1.807, 2.05) is 20.8 Å². The molecule has 20 heavy (non-hydrogen) atoms. The van der Waals surface area contributed by atoms with Crippen molar-refractivity contribution in [1.29, 1.82) is 0 Å². The minimum atomic E-state index is -0.123. The summed E-state index contributed by atoms with van der Waals surface area (Å²) in [5.41, 5.74) is 5.75. The van der Waals surface area contributed by atoms with Crippen molar-refractivity contribution >= 4 is 28.2 Å². The van der Waals surface area contributed by atoms with E-state index in [0.29, 0.717) is 15.8 Å². The Morgan fingerprint density at radius 1 is 1.50 bits per heavy atom. The summed E-state index contributed by atoms with van der Waals surface area (Å²) in [6.07, 6.45) is 0.980. The van der Waals surface area contributed by atoms with E-state index in [1.54, 1.807) is 0 Å². The fourth-order valence-electron chi connectivity index (χ4n) is 2.17. The third-order valence-electron chi connectivity index (χ3n) is 3.07. The number of likely N-dealkylation sites (tertiary alicyclic amines) is 1. The molecule has 1 unspecified atom stereocenters. The Hall–Kier alpha value is -1.34. The maximum atomic E-state index is 12.2. The Balaban J connectivity index is 2.03. The molecule has 112 valence electrons. The van der Waals surface area contributed by atoms with Gasteiger partial charge in [-0.05, 0) is 40.8 Å².